The highest BCUT2D eigenvalue weighted by molar-refractivity contribution is 7.90. The molecule has 4 nitrogen and oxygen atoms in total. The van der Waals surface area contributed by atoms with Crippen LogP contribution >= 0.6 is 0 Å². The molecule has 0 aliphatic rings. The van der Waals surface area contributed by atoms with Crippen LogP contribution in [0.25, 0.3) is 0 Å². The zero-order valence-corrected chi connectivity index (χ0v) is 9.98. The fourth-order valence-corrected chi connectivity index (χ4v) is 1.40. The molecule has 0 spiro atoms. The fraction of sp³-hybridized carbons (Fsp3) is 0.778. The second-order valence-corrected chi connectivity index (χ2v) is 5.64. The van der Waals surface area contributed by atoms with E-state index >= 15 is 0 Å². The summed E-state index contributed by atoms with van der Waals surface area (Å²) >= 11 is 0. The van der Waals surface area contributed by atoms with Gasteiger partial charge in [0.1, 0.15) is 5.88 Å². The maximum absolute atomic E-state index is 10.9. The van der Waals surface area contributed by atoms with Crippen molar-refractivity contribution in [3.63, 3.8) is 0 Å². The van der Waals surface area contributed by atoms with E-state index in [-0.39, 0.29) is 11.8 Å². The lowest BCUT2D eigenvalue weighted by atomic mass is 10.00. The SMILES string of the molecule is CCC(C)/C(=N/CS(C)(=O)=O)C(C)=N. The van der Waals surface area contributed by atoms with Crippen LogP contribution in [0.15, 0.2) is 4.99 Å². The quantitative estimate of drug-likeness (QED) is 0.711. The average molecular weight is 218 g/mol. The molecule has 0 heterocycles. The third-order valence-electron chi connectivity index (χ3n) is 1.93. The predicted molar refractivity (Wildman–Crippen MR) is 60.0 cm³/mol. The minimum absolute atomic E-state index is 0.147. The van der Waals surface area contributed by atoms with Gasteiger partial charge in [0.15, 0.2) is 9.84 Å². The van der Waals surface area contributed by atoms with Gasteiger partial charge in [-0.05, 0) is 19.3 Å². The second-order valence-electron chi connectivity index (χ2n) is 3.53. The number of nitrogens with zero attached hydrogens (tertiary/aromatic N) is 1. The minimum atomic E-state index is -3.08. The van der Waals surface area contributed by atoms with Crippen LogP contribution in [0, 0.1) is 11.3 Å². The summed E-state index contributed by atoms with van der Waals surface area (Å²) in [5, 5.41) is 7.47. The molecular weight excluding hydrogens is 200 g/mol. The molecule has 82 valence electrons. The summed E-state index contributed by atoms with van der Waals surface area (Å²) in [5.74, 6) is -0.0719. The molecule has 1 atom stereocenters. The number of aliphatic imine (C=N–C) groups is 1. The van der Waals surface area contributed by atoms with Crippen LogP contribution in [0.5, 0.6) is 0 Å². The Hall–Kier alpha value is -0.710. The first-order chi connectivity index (χ1) is 6.28. The lowest BCUT2D eigenvalue weighted by Crippen LogP contribution is -2.20. The maximum Gasteiger partial charge on any atom is 0.167 e. The van der Waals surface area contributed by atoms with Crippen LogP contribution in [0.1, 0.15) is 27.2 Å². The molecule has 5 heteroatoms. The van der Waals surface area contributed by atoms with Gasteiger partial charge in [-0.25, -0.2) is 8.42 Å². The van der Waals surface area contributed by atoms with E-state index < -0.39 is 9.84 Å². The third kappa shape index (κ3) is 5.11. The summed E-state index contributed by atoms with van der Waals surface area (Å²) in [7, 11) is -3.08. The van der Waals surface area contributed by atoms with Crippen molar-refractivity contribution in [1.29, 1.82) is 5.41 Å². The molecule has 1 N–H and O–H groups in total. The molecule has 0 aromatic rings. The molecular formula is C9H18N2O2S. The average Bonchev–Trinajstić information content (AvgIpc) is 2.01. The molecule has 0 saturated carbocycles. The minimum Gasteiger partial charge on any atom is -0.304 e. The number of rotatable bonds is 5. The standard InChI is InChI=1S/C9H18N2O2S/c1-5-7(2)9(8(3)10)11-6-14(4,12)13/h7,10H,5-6H2,1-4H3/b10-8?,11-9-. The van der Waals surface area contributed by atoms with Crippen molar-refractivity contribution in [2.45, 2.75) is 27.2 Å². The summed E-state index contributed by atoms with van der Waals surface area (Å²) in [6.45, 7) is 5.57. The molecule has 0 amide bonds. The molecule has 1 unspecified atom stereocenters. The van der Waals surface area contributed by atoms with Crippen LogP contribution in [-0.2, 0) is 9.84 Å². The Morgan fingerprint density at radius 1 is 1.50 bits per heavy atom. The highest BCUT2D eigenvalue weighted by Crippen LogP contribution is 2.06. The highest BCUT2D eigenvalue weighted by atomic mass is 32.2. The van der Waals surface area contributed by atoms with Crippen molar-refractivity contribution in [3.8, 4) is 0 Å². The Kier molecular flexibility index (Phi) is 4.97. The van der Waals surface area contributed by atoms with Gasteiger partial charge in [-0.2, -0.15) is 0 Å². The number of nitrogens with one attached hydrogen (secondary N) is 1. The normalized spacial score (nSPS) is 15.3. The third-order valence-corrected chi connectivity index (χ3v) is 2.53. The van der Waals surface area contributed by atoms with Crippen molar-refractivity contribution in [1.82, 2.24) is 0 Å². The molecule has 0 aliphatic heterocycles. The van der Waals surface area contributed by atoms with Crippen LogP contribution in [-0.4, -0.2) is 32.0 Å². The maximum atomic E-state index is 10.9. The molecule has 0 aliphatic carbocycles. The van der Waals surface area contributed by atoms with Crippen molar-refractivity contribution in [2.75, 3.05) is 12.1 Å². The van der Waals surface area contributed by atoms with Gasteiger partial charge in [0.25, 0.3) is 0 Å². The monoisotopic (exact) mass is 218 g/mol. The molecule has 0 fully saturated rings. The molecule has 0 aromatic heterocycles. The molecule has 14 heavy (non-hydrogen) atoms. The van der Waals surface area contributed by atoms with Gasteiger partial charge < -0.3 is 5.41 Å². The van der Waals surface area contributed by atoms with E-state index in [1.807, 2.05) is 13.8 Å². The Labute approximate surface area is 85.9 Å². The van der Waals surface area contributed by atoms with E-state index in [0.29, 0.717) is 11.4 Å². The fourth-order valence-electron chi connectivity index (χ4n) is 1.02. The van der Waals surface area contributed by atoms with Crippen LogP contribution in [0.4, 0.5) is 0 Å². The smallest absolute Gasteiger partial charge is 0.167 e. The topological polar surface area (TPSA) is 70.3 Å². The van der Waals surface area contributed by atoms with Crippen molar-refractivity contribution < 1.29 is 8.42 Å². The van der Waals surface area contributed by atoms with Crippen LogP contribution < -0.4 is 0 Å². The zero-order chi connectivity index (χ0) is 11.4. The summed E-state index contributed by atoms with van der Waals surface area (Å²) < 4.78 is 21.8. The predicted octanol–water partition coefficient (Wildman–Crippen LogP) is 1.52. The van der Waals surface area contributed by atoms with E-state index in [4.69, 9.17) is 5.41 Å². The summed E-state index contributed by atoms with van der Waals surface area (Å²) in [6.07, 6.45) is 2.00. The van der Waals surface area contributed by atoms with Crippen molar-refractivity contribution >= 4 is 21.3 Å². The Bertz CT molecular complexity index is 331. The first kappa shape index (κ1) is 13.3. The van der Waals surface area contributed by atoms with Crippen molar-refractivity contribution in [2.24, 2.45) is 10.9 Å². The van der Waals surface area contributed by atoms with Gasteiger partial charge >= 0.3 is 0 Å². The van der Waals surface area contributed by atoms with E-state index in [9.17, 15) is 8.42 Å². The molecule has 0 rings (SSSR count). The van der Waals surface area contributed by atoms with E-state index in [2.05, 4.69) is 4.99 Å². The van der Waals surface area contributed by atoms with E-state index in [1.165, 1.54) is 0 Å². The highest BCUT2D eigenvalue weighted by Gasteiger charge is 2.11. The second kappa shape index (κ2) is 5.24. The number of hydrogen-bond donors (Lipinski definition) is 1. The lowest BCUT2D eigenvalue weighted by molar-refractivity contribution is 0.602. The first-order valence-corrected chi connectivity index (χ1v) is 6.61. The van der Waals surface area contributed by atoms with E-state index in [1.54, 1.807) is 6.92 Å². The van der Waals surface area contributed by atoms with Gasteiger partial charge in [-0.1, -0.05) is 13.8 Å². The zero-order valence-electron chi connectivity index (χ0n) is 9.16. The largest absolute Gasteiger partial charge is 0.304 e. The van der Waals surface area contributed by atoms with Gasteiger partial charge in [0, 0.05) is 12.0 Å². The Balaban J connectivity index is 4.75. The number of hydrogen-bond acceptors (Lipinski definition) is 4. The van der Waals surface area contributed by atoms with Gasteiger partial charge in [-0.3, -0.25) is 4.99 Å². The Morgan fingerprint density at radius 2 is 2.00 bits per heavy atom. The van der Waals surface area contributed by atoms with E-state index in [0.717, 1.165) is 12.7 Å². The Morgan fingerprint density at radius 3 is 2.29 bits per heavy atom. The van der Waals surface area contributed by atoms with Gasteiger partial charge in [-0.15, -0.1) is 0 Å². The molecule has 0 saturated heterocycles. The van der Waals surface area contributed by atoms with Crippen LogP contribution in [0.3, 0.4) is 0 Å². The summed E-state index contributed by atoms with van der Waals surface area (Å²) in [4.78, 5) is 3.97. The van der Waals surface area contributed by atoms with Gasteiger partial charge in [0.2, 0.25) is 0 Å². The van der Waals surface area contributed by atoms with Gasteiger partial charge in [0.05, 0.1) is 5.71 Å². The summed E-state index contributed by atoms with van der Waals surface area (Å²) in [5.41, 5.74) is 0.945. The molecule has 0 bridgehead atoms. The number of sulfone groups is 1. The molecule has 0 aromatic carbocycles. The molecule has 0 radical (unpaired) electrons. The lowest BCUT2D eigenvalue weighted by Gasteiger charge is -2.11. The first-order valence-electron chi connectivity index (χ1n) is 4.55. The van der Waals surface area contributed by atoms with Crippen LogP contribution in [0.2, 0.25) is 0 Å². The summed E-state index contributed by atoms with van der Waals surface area (Å²) in [6, 6.07) is 0. The van der Waals surface area contributed by atoms with Crippen molar-refractivity contribution in [3.05, 3.63) is 0 Å².